The molecular formula is C24H37NO3S. The Bertz CT molecular complexity index is 855. The lowest BCUT2D eigenvalue weighted by atomic mass is 9.89. The first kappa shape index (κ1) is 25.4. The number of sulfonamides is 1. The molecule has 1 unspecified atom stereocenters. The molecule has 0 heterocycles. The summed E-state index contributed by atoms with van der Waals surface area (Å²) >= 11 is 0. The lowest BCUT2D eigenvalue weighted by Crippen LogP contribution is -2.34. The highest BCUT2D eigenvalue weighted by Gasteiger charge is 2.31. The molecule has 0 saturated carbocycles. The Morgan fingerprint density at radius 1 is 1.03 bits per heavy atom. The van der Waals surface area contributed by atoms with E-state index in [1.165, 1.54) is 4.31 Å². The molecule has 1 atom stereocenters. The van der Waals surface area contributed by atoms with Crippen molar-refractivity contribution in [2.45, 2.75) is 84.1 Å². The third-order valence-electron chi connectivity index (χ3n) is 4.69. The molecular weight excluding hydrogens is 382 g/mol. The lowest BCUT2D eigenvalue weighted by Gasteiger charge is -2.27. The normalized spacial score (nSPS) is 13.1. The Morgan fingerprint density at radius 3 is 1.86 bits per heavy atom. The number of rotatable bonds is 8. The van der Waals surface area contributed by atoms with Crippen LogP contribution < -0.4 is 0 Å². The molecule has 5 heteroatoms. The van der Waals surface area contributed by atoms with Gasteiger partial charge in [-0.3, -0.25) is 0 Å². The molecule has 1 N–H and O–H groups in total. The van der Waals surface area contributed by atoms with Crippen molar-refractivity contribution in [3.63, 3.8) is 0 Å². The number of hydrogen-bond acceptors (Lipinski definition) is 3. The molecule has 29 heavy (non-hydrogen) atoms. The van der Waals surface area contributed by atoms with E-state index >= 15 is 0 Å². The Hall–Kier alpha value is -1.61. The Kier molecular flexibility index (Phi) is 9.14. The molecule has 0 aliphatic heterocycles. The molecule has 0 amide bonds. The van der Waals surface area contributed by atoms with Gasteiger partial charge in [0.15, 0.2) is 0 Å². The van der Waals surface area contributed by atoms with Gasteiger partial charge in [0.25, 0.3) is 0 Å². The van der Waals surface area contributed by atoms with Crippen molar-refractivity contribution in [3.05, 3.63) is 41.0 Å². The zero-order valence-electron chi connectivity index (χ0n) is 19.2. The van der Waals surface area contributed by atoms with Crippen LogP contribution in [0.25, 0.3) is 0 Å². The van der Waals surface area contributed by atoms with Crippen molar-refractivity contribution in [1.82, 2.24) is 4.31 Å². The van der Waals surface area contributed by atoms with E-state index < -0.39 is 16.1 Å². The van der Waals surface area contributed by atoms with Gasteiger partial charge < -0.3 is 5.11 Å². The van der Waals surface area contributed by atoms with Crippen LogP contribution in [0.1, 0.15) is 89.8 Å². The molecule has 0 radical (unpaired) electrons. The molecule has 0 aromatic heterocycles. The van der Waals surface area contributed by atoms with E-state index in [1.54, 1.807) is 13.8 Å². The predicted molar refractivity (Wildman–Crippen MR) is 122 cm³/mol. The maximum atomic E-state index is 13.8. The fraction of sp³-hybridized carbons (Fsp3) is 0.583. The van der Waals surface area contributed by atoms with Gasteiger partial charge >= 0.3 is 0 Å². The smallest absolute Gasteiger partial charge is 0.244 e. The van der Waals surface area contributed by atoms with Crippen LogP contribution in [0.5, 0.6) is 0 Å². The summed E-state index contributed by atoms with van der Waals surface area (Å²) in [6.45, 7) is 19.8. The van der Waals surface area contributed by atoms with Gasteiger partial charge in [-0.15, -0.1) is 0 Å². The molecule has 0 spiro atoms. The summed E-state index contributed by atoms with van der Waals surface area (Å²) < 4.78 is 29.0. The van der Waals surface area contributed by atoms with E-state index in [9.17, 15) is 13.5 Å². The molecule has 0 saturated heterocycles. The number of aliphatic hydroxyl groups excluding tert-OH is 1. The second kappa shape index (κ2) is 10.4. The fourth-order valence-corrected chi connectivity index (χ4v) is 5.19. The van der Waals surface area contributed by atoms with Crippen LogP contribution >= 0.6 is 0 Å². The van der Waals surface area contributed by atoms with Crippen molar-refractivity contribution in [2.24, 2.45) is 0 Å². The number of nitrogens with zero attached hydrogens (tertiary/aromatic N) is 1. The van der Waals surface area contributed by atoms with Gasteiger partial charge in [0.05, 0.1) is 11.4 Å². The van der Waals surface area contributed by atoms with Gasteiger partial charge in [-0.1, -0.05) is 77.7 Å². The molecule has 1 aromatic rings. The molecule has 162 valence electrons. The minimum atomic E-state index is -3.80. The molecule has 4 nitrogen and oxygen atoms in total. The Labute approximate surface area is 178 Å². The SMILES string of the molecule is C=C(C)CN(CC#CC(C)O)S(=O)(=O)c1c(C(C)C)cc(C(C)C)cc1C(C)C. The summed E-state index contributed by atoms with van der Waals surface area (Å²) in [7, 11) is -3.80. The predicted octanol–water partition coefficient (Wildman–Crippen LogP) is 5.01. The standard InChI is InChI=1S/C24H37NO3S/c1-16(2)15-25(12-10-11-20(9)26)29(27,28)24-22(18(5)6)13-21(17(3)4)14-23(24)19(7)8/h13-14,17-20,26H,1,12,15H2,2-9H3. The van der Waals surface area contributed by atoms with Gasteiger partial charge in [-0.25, -0.2) is 8.42 Å². The summed E-state index contributed by atoms with van der Waals surface area (Å²) in [5.41, 5.74) is 3.57. The summed E-state index contributed by atoms with van der Waals surface area (Å²) in [4.78, 5) is 0.395. The van der Waals surface area contributed by atoms with Crippen LogP contribution in [-0.2, 0) is 10.0 Å². The lowest BCUT2D eigenvalue weighted by molar-refractivity contribution is 0.253. The third kappa shape index (κ3) is 6.70. The van der Waals surface area contributed by atoms with Crippen LogP contribution in [-0.4, -0.2) is 37.0 Å². The first-order valence-electron chi connectivity index (χ1n) is 10.3. The maximum absolute atomic E-state index is 13.8. The monoisotopic (exact) mass is 419 g/mol. The van der Waals surface area contributed by atoms with Crippen LogP contribution in [0.2, 0.25) is 0 Å². The minimum Gasteiger partial charge on any atom is -0.381 e. The quantitative estimate of drug-likeness (QED) is 0.476. The van der Waals surface area contributed by atoms with E-state index in [2.05, 4.69) is 32.3 Å². The van der Waals surface area contributed by atoms with Gasteiger partial charge in [-0.05, 0) is 48.3 Å². The Balaban J connectivity index is 3.76. The molecule has 0 bridgehead atoms. The molecule has 1 aromatic carbocycles. The first-order valence-corrected chi connectivity index (χ1v) is 11.7. The molecule has 1 rings (SSSR count). The Morgan fingerprint density at radius 2 is 1.52 bits per heavy atom. The summed E-state index contributed by atoms with van der Waals surface area (Å²) in [5.74, 6) is 5.87. The van der Waals surface area contributed by atoms with Crippen molar-refractivity contribution >= 4 is 10.0 Å². The van der Waals surface area contributed by atoms with Gasteiger partial charge in [0, 0.05) is 6.54 Å². The van der Waals surface area contributed by atoms with Crippen LogP contribution in [0.15, 0.2) is 29.2 Å². The highest BCUT2D eigenvalue weighted by molar-refractivity contribution is 7.89. The minimum absolute atomic E-state index is 0.0150. The van der Waals surface area contributed by atoms with Gasteiger partial charge in [-0.2, -0.15) is 4.31 Å². The average molecular weight is 420 g/mol. The zero-order chi connectivity index (χ0) is 22.5. The summed E-state index contributed by atoms with van der Waals surface area (Å²) in [5, 5.41) is 9.42. The van der Waals surface area contributed by atoms with Crippen molar-refractivity contribution in [3.8, 4) is 11.8 Å². The first-order chi connectivity index (χ1) is 13.3. The van der Waals surface area contributed by atoms with Gasteiger partial charge in [0.2, 0.25) is 10.0 Å². The largest absolute Gasteiger partial charge is 0.381 e. The number of hydrogen-bond donors (Lipinski definition) is 1. The average Bonchev–Trinajstić information content (AvgIpc) is 2.58. The highest BCUT2D eigenvalue weighted by Crippen LogP contribution is 2.36. The van der Waals surface area contributed by atoms with E-state index in [0.717, 1.165) is 22.3 Å². The van der Waals surface area contributed by atoms with Gasteiger partial charge in [0.1, 0.15) is 6.10 Å². The van der Waals surface area contributed by atoms with Crippen LogP contribution in [0.4, 0.5) is 0 Å². The summed E-state index contributed by atoms with van der Waals surface area (Å²) in [6.07, 6.45) is -0.799. The fourth-order valence-electron chi connectivity index (χ4n) is 3.12. The van der Waals surface area contributed by atoms with Crippen molar-refractivity contribution < 1.29 is 13.5 Å². The number of aliphatic hydroxyl groups is 1. The molecule has 0 fully saturated rings. The summed E-state index contributed by atoms with van der Waals surface area (Å²) in [6, 6.07) is 4.07. The third-order valence-corrected chi connectivity index (χ3v) is 6.62. The maximum Gasteiger partial charge on any atom is 0.244 e. The zero-order valence-corrected chi connectivity index (χ0v) is 20.0. The van der Waals surface area contributed by atoms with Crippen LogP contribution in [0.3, 0.4) is 0 Å². The van der Waals surface area contributed by atoms with Crippen molar-refractivity contribution in [1.29, 1.82) is 0 Å². The van der Waals surface area contributed by atoms with E-state index in [-0.39, 0.29) is 24.9 Å². The van der Waals surface area contributed by atoms with E-state index in [1.807, 2.05) is 39.8 Å². The highest BCUT2D eigenvalue weighted by atomic mass is 32.2. The second-order valence-corrected chi connectivity index (χ2v) is 10.6. The second-order valence-electron chi connectivity index (χ2n) is 8.72. The topological polar surface area (TPSA) is 57.6 Å². The van der Waals surface area contributed by atoms with Crippen LogP contribution in [0, 0.1) is 11.8 Å². The number of benzene rings is 1. The van der Waals surface area contributed by atoms with E-state index in [4.69, 9.17) is 0 Å². The molecule has 0 aliphatic rings. The molecule has 0 aliphatic carbocycles. The van der Waals surface area contributed by atoms with E-state index in [0.29, 0.717) is 10.8 Å². The van der Waals surface area contributed by atoms with Crippen molar-refractivity contribution in [2.75, 3.05) is 13.1 Å².